The van der Waals surface area contributed by atoms with Crippen molar-refractivity contribution in [2.45, 2.75) is 26.1 Å². The van der Waals surface area contributed by atoms with Gasteiger partial charge in [-0.2, -0.15) is 4.98 Å². The standard InChI is InChI=1S/C29H28FN5O2/c1-34(19-22-12-6-3-7-13-22)28-32-25-16-17-35(29(36)31-18-21-10-4-2-5-11-21)20-23(25)27(33-28)37-26-15-9-8-14-24(26)30/h2-15H,16-20H2,1H3,(H,31,36). The maximum atomic E-state index is 14.5. The lowest BCUT2D eigenvalue weighted by molar-refractivity contribution is 0.190. The van der Waals surface area contributed by atoms with Gasteiger partial charge in [0.05, 0.1) is 17.8 Å². The second-order valence-corrected chi connectivity index (χ2v) is 8.94. The summed E-state index contributed by atoms with van der Waals surface area (Å²) in [4.78, 5) is 26.1. The van der Waals surface area contributed by atoms with Gasteiger partial charge in [-0.05, 0) is 23.3 Å². The van der Waals surface area contributed by atoms with E-state index in [1.807, 2.05) is 72.6 Å². The van der Waals surface area contributed by atoms with Crippen LogP contribution in [0.2, 0.25) is 0 Å². The number of ether oxygens (including phenoxy) is 1. The first-order chi connectivity index (χ1) is 18.1. The molecule has 0 radical (unpaired) electrons. The molecule has 2 heterocycles. The number of rotatable bonds is 7. The molecule has 5 rings (SSSR count). The van der Waals surface area contributed by atoms with Gasteiger partial charge in [0, 0.05) is 33.1 Å². The molecule has 188 valence electrons. The van der Waals surface area contributed by atoms with Crippen LogP contribution >= 0.6 is 0 Å². The van der Waals surface area contributed by atoms with Crippen LogP contribution in [0, 0.1) is 5.82 Å². The van der Waals surface area contributed by atoms with Crippen LogP contribution in [-0.4, -0.2) is 34.5 Å². The van der Waals surface area contributed by atoms with E-state index in [-0.39, 0.29) is 24.2 Å². The van der Waals surface area contributed by atoms with E-state index in [2.05, 4.69) is 10.3 Å². The van der Waals surface area contributed by atoms with Gasteiger partial charge >= 0.3 is 6.03 Å². The minimum atomic E-state index is -0.484. The lowest BCUT2D eigenvalue weighted by Gasteiger charge is -2.30. The zero-order valence-electron chi connectivity index (χ0n) is 20.6. The van der Waals surface area contributed by atoms with Crippen molar-refractivity contribution in [2.24, 2.45) is 0 Å². The molecule has 0 saturated carbocycles. The van der Waals surface area contributed by atoms with Gasteiger partial charge in [0.15, 0.2) is 11.6 Å². The Morgan fingerprint density at radius 2 is 1.65 bits per heavy atom. The summed E-state index contributed by atoms with van der Waals surface area (Å²) in [7, 11) is 1.91. The molecule has 8 heteroatoms. The fraction of sp³-hybridized carbons (Fsp3) is 0.207. The van der Waals surface area contributed by atoms with Crippen LogP contribution in [0.3, 0.4) is 0 Å². The molecule has 7 nitrogen and oxygen atoms in total. The van der Waals surface area contributed by atoms with Gasteiger partial charge in [0.25, 0.3) is 0 Å². The third-order valence-corrected chi connectivity index (χ3v) is 6.23. The van der Waals surface area contributed by atoms with Crippen LogP contribution in [0.15, 0.2) is 84.9 Å². The number of amides is 2. The van der Waals surface area contributed by atoms with Crippen LogP contribution in [0.4, 0.5) is 15.1 Å². The predicted molar refractivity (Wildman–Crippen MR) is 140 cm³/mol. The number of nitrogens with one attached hydrogen (secondary N) is 1. The third-order valence-electron chi connectivity index (χ3n) is 6.23. The molecular weight excluding hydrogens is 469 g/mol. The fourth-order valence-electron chi connectivity index (χ4n) is 4.24. The van der Waals surface area contributed by atoms with Crippen molar-refractivity contribution >= 4 is 12.0 Å². The minimum Gasteiger partial charge on any atom is -0.435 e. The summed E-state index contributed by atoms with van der Waals surface area (Å²) in [6.07, 6.45) is 0.538. The van der Waals surface area contributed by atoms with E-state index in [0.717, 1.165) is 16.8 Å². The molecule has 0 bridgehead atoms. The highest BCUT2D eigenvalue weighted by Crippen LogP contribution is 2.32. The Bertz CT molecular complexity index is 1370. The average Bonchev–Trinajstić information content (AvgIpc) is 2.93. The van der Waals surface area contributed by atoms with Crippen molar-refractivity contribution in [1.82, 2.24) is 20.2 Å². The number of fused-ring (bicyclic) bond motifs is 1. The molecule has 0 aliphatic carbocycles. The molecule has 1 aliphatic heterocycles. The van der Waals surface area contributed by atoms with Gasteiger partial charge in [-0.1, -0.05) is 72.8 Å². The summed E-state index contributed by atoms with van der Waals surface area (Å²) >= 11 is 0. The van der Waals surface area contributed by atoms with Gasteiger partial charge in [-0.15, -0.1) is 0 Å². The molecule has 2 amide bonds. The first-order valence-electron chi connectivity index (χ1n) is 12.2. The van der Waals surface area contributed by atoms with E-state index in [4.69, 9.17) is 9.72 Å². The molecule has 0 atom stereocenters. The van der Waals surface area contributed by atoms with Crippen LogP contribution < -0.4 is 15.0 Å². The molecule has 37 heavy (non-hydrogen) atoms. The molecular formula is C29H28FN5O2. The monoisotopic (exact) mass is 497 g/mol. The van der Waals surface area contributed by atoms with Gasteiger partial charge in [0.2, 0.25) is 11.8 Å². The number of aromatic nitrogens is 2. The van der Waals surface area contributed by atoms with Gasteiger partial charge in [-0.3, -0.25) is 0 Å². The van der Waals surface area contributed by atoms with Crippen molar-refractivity contribution in [3.05, 3.63) is 113 Å². The van der Waals surface area contributed by atoms with Crippen LogP contribution in [-0.2, 0) is 26.1 Å². The molecule has 4 aromatic rings. The number of carbonyl (C=O) groups excluding carboxylic acids is 1. The Hall–Kier alpha value is -4.46. The molecule has 0 unspecified atom stereocenters. The third kappa shape index (κ3) is 5.86. The van der Waals surface area contributed by atoms with E-state index in [9.17, 15) is 9.18 Å². The summed E-state index contributed by atoms with van der Waals surface area (Å²) in [5.41, 5.74) is 3.61. The summed E-state index contributed by atoms with van der Waals surface area (Å²) in [6.45, 7) is 1.81. The zero-order chi connectivity index (χ0) is 25.6. The van der Waals surface area contributed by atoms with Gasteiger partial charge in [0.1, 0.15) is 0 Å². The minimum absolute atomic E-state index is 0.0747. The van der Waals surface area contributed by atoms with Crippen molar-refractivity contribution in [2.75, 3.05) is 18.5 Å². The molecule has 0 saturated heterocycles. The van der Waals surface area contributed by atoms with Crippen LogP contribution in [0.25, 0.3) is 0 Å². The number of halogens is 1. The van der Waals surface area contributed by atoms with E-state index in [1.54, 1.807) is 23.1 Å². The predicted octanol–water partition coefficient (Wildman–Crippen LogP) is 5.31. The lowest BCUT2D eigenvalue weighted by atomic mass is 10.1. The maximum absolute atomic E-state index is 14.5. The molecule has 1 N–H and O–H groups in total. The summed E-state index contributed by atoms with van der Waals surface area (Å²) in [5, 5.41) is 2.97. The Labute approximate surface area is 215 Å². The van der Waals surface area contributed by atoms with Crippen molar-refractivity contribution in [3.63, 3.8) is 0 Å². The SMILES string of the molecule is CN(Cc1ccccc1)c1nc2c(c(Oc3ccccc3F)n1)CN(C(=O)NCc1ccccc1)CC2. The number of para-hydroxylation sites is 1. The summed E-state index contributed by atoms with van der Waals surface area (Å²) < 4.78 is 20.5. The largest absolute Gasteiger partial charge is 0.435 e. The molecule has 0 spiro atoms. The first kappa shape index (κ1) is 24.2. The lowest BCUT2D eigenvalue weighted by Crippen LogP contribution is -2.43. The van der Waals surface area contributed by atoms with Gasteiger partial charge < -0.3 is 19.9 Å². The van der Waals surface area contributed by atoms with Crippen molar-refractivity contribution in [3.8, 4) is 11.6 Å². The summed E-state index contributed by atoms with van der Waals surface area (Å²) in [6, 6.07) is 25.8. The van der Waals surface area contributed by atoms with Crippen molar-refractivity contribution in [1.29, 1.82) is 0 Å². The zero-order valence-corrected chi connectivity index (χ0v) is 20.6. The molecule has 1 aliphatic rings. The van der Waals surface area contributed by atoms with E-state index in [1.165, 1.54) is 6.07 Å². The normalized spacial score (nSPS) is 12.5. The molecule has 1 aromatic heterocycles. The Balaban J connectivity index is 1.40. The van der Waals surface area contributed by atoms with Crippen LogP contribution in [0.1, 0.15) is 22.4 Å². The average molecular weight is 498 g/mol. The number of carbonyl (C=O) groups is 1. The van der Waals surface area contributed by atoms with E-state index < -0.39 is 5.82 Å². The van der Waals surface area contributed by atoms with E-state index >= 15 is 0 Å². The molecule has 0 fully saturated rings. The Morgan fingerprint density at radius 1 is 0.973 bits per heavy atom. The topological polar surface area (TPSA) is 70.6 Å². The number of anilines is 1. The number of urea groups is 1. The first-order valence-corrected chi connectivity index (χ1v) is 12.2. The number of nitrogens with zero attached hydrogens (tertiary/aromatic N) is 4. The highest BCUT2D eigenvalue weighted by atomic mass is 19.1. The van der Waals surface area contributed by atoms with Gasteiger partial charge in [-0.25, -0.2) is 14.2 Å². The molecule has 3 aromatic carbocycles. The second kappa shape index (κ2) is 11.1. The number of hydrogen-bond donors (Lipinski definition) is 1. The van der Waals surface area contributed by atoms with Crippen LogP contribution in [0.5, 0.6) is 11.6 Å². The second-order valence-electron chi connectivity index (χ2n) is 8.94. The maximum Gasteiger partial charge on any atom is 0.317 e. The fourth-order valence-corrected chi connectivity index (χ4v) is 4.24. The van der Waals surface area contributed by atoms with E-state index in [0.29, 0.717) is 37.6 Å². The quantitative estimate of drug-likeness (QED) is 0.375. The number of benzene rings is 3. The highest BCUT2D eigenvalue weighted by Gasteiger charge is 2.27. The Kier molecular flexibility index (Phi) is 7.26. The summed E-state index contributed by atoms with van der Waals surface area (Å²) in [5.74, 6) is 0.328. The smallest absolute Gasteiger partial charge is 0.317 e. The highest BCUT2D eigenvalue weighted by molar-refractivity contribution is 5.74. The van der Waals surface area contributed by atoms with Crippen molar-refractivity contribution < 1.29 is 13.9 Å². The number of hydrogen-bond acceptors (Lipinski definition) is 5. The Morgan fingerprint density at radius 3 is 2.38 bits per heavy atom.